The number of carbonyl (C=O) groups excluding carboxylic acids is 3. The Morgan fingerprint density at radius 3 is 2.46 bits per heavy atom. The van der Waals surface area contributed by atoms with Crippen molar-refractivity contribution in [1.82, 2.24) is 4.90 Å². The van der Waals surface area contributed by atoms with Crippen LogP contribution in [-0.2, 0) is 36.7 Å². The molecule has 9 nitrogen and oxygen atoms in total. The van der Waals surface area contributed by atoms with E-state index in [1.54, 1.807) is 27.9 Å². The molecule has 0 saturated carbocycles. The van der Waals surface area contributed by atoms with E-state index >= 15 is 0 Å². The first-order valence-electron chi connectivity index (χ1n) is 16.7. The summed E-state index contributed by atoms with van der Waals surface area (Å²) >= 11 is 0. The molecule has 3 amide bonds. The Morgan fingerprint density at radius 2 is 1.85 bits per heavy atom. The molecule has 3 aromatic carbocycles. The standard InChI is InChI=1S/C39H45N3O6/c1-6-19-42-32-17-14-29(41-20-18-34(41)44)23-31(32)39(37(42)46)26(2)36(38(3,4)28-12-15-30(47-5)16-13-28)33(48-39)24-35(45)40(21-22-43)25-27-10-8-7-9-11-27/h6-17,23,26,33,36,43H,1,18-22,24-25H2,2-5H3/t26-,33+,36-,39+/m0/s1. The predicted octanol–water partition coefficient (Wildman–Crippen LogP) is 5.20. The van der Waals surface area contributed by atoms with Gasteiger partial charge in [0.1, 0.15) is 5.75 Å². The second-order valence-corrected chi connectivity index (χ2v) is 13.6. The van der Waals surface area contributed by atoms with Crippen LogP contribution in [0.1, 0.15) is 50.3 Å². The van der Waals surface area contributed by atoms with Crippen molar-refractivity contribution in [3.8, 4) is 5.75 Å². The van der Waals surface area contributed by atoms with Gasteiger partial charge in [0.05, 0.1) is 31.9 Å². The molecular formula is C39H45N3O6. The molecule has 0 aliphatic carbocycles. The monoisotopic (exact) mass is 651 g/mol. The molecule has 3 aromatic rings. The van der Waals surface area contributed by atoms with Gasteiger partial charge in [0.15, 0.2) is 5.60 Å². The van der Waals surface area contributed by atoms with Crippen LogP contribution in [0.15, 0.2) is 85.5 Å². The molecule has 3 aliphatic heterocycles. The van der Waals surface area contributed by atoms with E-state index < -0.39 is 17.1 Å². The maximum atomic E-state index is 14.7. The number of β-lactam (4-membered cyclic amide) rings is 1. The fourth-order valence-electron chi connectivity index (χ4n) is 8.09. The Kier molecular flexibility index (Phi) is 9.20. The minimum absolute atomic E-state index is 0.0253. The smallest absolute Gasteiger partial charge is 0.264 e. The lowest BCUT2D eigenvalue weighted by Crippen LogP contribution is -2.46. The molecule has 9 heteroatoms. The number of rotatable bonds is 12. The van der Waals surface area contributed by atoms with Gasteiger partial charge >= 0.3 is 0 Å². The first-order chi connectivity index (χ1) is 23.1. The summed E-state index contributed by atoms with van der Waals surface area (Å²) in [7, 11) is 1.63. The summed E-state index contributed by atoms with van der Waals surface area (Å²) in [5, 5.41) is 9.92. The minimum Gasteiger partial charge on any atom is -0.497 e. The second kappa shape index (κ2) is 13.2. The summed E-state index contributed by atoms with van der Waals surface area (Å²) < 4.78 is 12.5. The molecule has 3 aliphatic rings. The summed E-state index contributed by atoms with van der Waals surface area (Å²) in [6.07, 6.45) is 1.57. The third kappa shape index (κ3) is 5.58. The number of hydrogen-bond donors (Lipinski definition) is 1. The number of nitrogens with zero attached hydrogens (tertiary/aromatic N) is 3. The van der Waals surface area contributed by atoms with E-state index in [9.17, 15) is 19.5 Å². The van der Waals surface area contributed by atoms with Crippen LogP contribution < -0.4 is 14.5 Å². The number of amides is 3. The summed E-state index contributed by atoms with van der Waals surface area (Å²) in [6.45, 7) is 11.5. The minimum atomic E-state index is -1.39. The summed E-state index contributed by atoms with van der Waals surface area (Å²) in [5.41, 5.74) is 2.23. The van der Waals surface area contributed by atoms with E-state index in [4.69, 9.17) is 9.47 Å². The van der Waals surface area contributed by atoms with Gasteiger partial charge in [-0.25, -0.2) is 0 Å². The lowest BCUT2D eigenvalue weighted by molar-refractivity contribution is -0.150. The van der Waals surface area contributed by atoms with Crippen molar-refractivity contribution in [2.45, 2.75) is 57.3 Å². The third-order valence-electron chi connectivity index (χ3n) is 10.6. The fraction of sp³-hybridized carbons (Fsp3) is 0.410. The number of aliphatic hydroxyl groups is 1. The molecule has 0 radical (unpaired) electrons. The molecule has 48 heavy (non-hydrogen) atoms. The van der Waals surface area contributed by atoms with Crippen LogP contribution in [0, 0.1) is 11.8 Å². The number of benzene rings is 3. The highest BCUT2D eigenvalue weighted by Crippen LogP contribution is 2.60. The van der Waals surface area contributed by atoms with Crippen molar-refractivity contribution in [1.29, 1.82) is 0 Å². The quantitative estimate of drug-likeness (QED) is 0.214. The number of fused-ring (bicyclic) bond motifs is 2. The molecule has 1 spiro atoms. The van der Waals surface area contributed by atoms with E-state index in [0.29, 0.717) is 31.6 Å². The largest absolute Gasteiger partial charge is 0.497 e. The molecule has 0 bridgehead atoms. The van der Waals surface area contributed by atoms with Crippen LogP contribution in [-0.4, -0.2) is 67.2 Å². The van der Waals surface area contributed by atoms with Gasteiger partial charge in [-0.15, -0.1) is 6.58 Å². The van der Waals surface area contributed by atoms with Gasteiger partial charge in [-0.1, -0.05) is 69.3 Å². The average molecular weight is 652 g/mol. The Labute approximate surface area is 282 Å². The number of hydrogen-bond acceptors (Lipinski definition) is 6. The summed E-state index contributed by atoms with van der Waals surface area (Å²) in [6, 6.07) is 23.3. The number of carbonyl (C=O) groups is 3. The van der Waals surface area contributed by atoms with Crippen molar-refractivity contribution in [3.05, 3.63) is 102 Å². The molecular weight excluding hydrogens is 606 g/mol. The highest BCUT2D eigenvalue weighted by molar-refractivity contribution is 6.09. The molecule has 252 valence electrons. The molecule has 0 unspecified atom stereocenters. The number of aliphatic hydroxyl groups excluding tert-OH is 1. The van der Waals surface area contributed by atoms with E-state index in [2.05, 4.69) is 27.4 Å². The van der Waals surface area contributed by atoms with Crippen LogP contribution in [0.25, 0.3) is 0 Å². The summed E-state index contributed by atoms with van der Waals surface area (Å²) in [5.74, 6) is -0.221. The lowest BCUT2D eigenvalue weighted by Gasteiger charge is -2.39. The molecule has 6 rings (SSSR count). The van der Waals surface area contributed by atoms with Crippen LogP contribution in [0.5, 0.6) is 5.75 Å². The van der Waals surface area contributed by atoms with E-state index in [-0.39, 0.29) is 49.1 Å². The Balaban J connectivity index is 1.44. The molecule has 2 fully saturated rings. The topological polar surface area (TPSA) is 99.6 Å². The van der Waals surface area contributed by atoms with Crippen molar-refractivity contribution in [2.24, 2.45) is 11.8 Å². The van der Waals surface area contributed by atoms with Crippen molar-refractivity contribution in [3.63, 3.8) is 0 Å². The maximum Gasteiger partial charge on any atom is 0.264 e. The van der Waals surface area contributed by atoms with E-state index in [0.717, 1.165) is 28.3 Å². The second-order valence-electron chi connectivity index (χ2n) is 13.6. The van der Waals surface area contributed by atoms with Crippen molar-refractivity contribution >= 4 is 29.1 Å². The predicted molar refractivity (Wildman–Crippen MR) is 185 cm³/mol. The van der Waals surface area contributed by atoms with Crippen LogP contribution >= 0.6 is 0 Å². The van der Waals surface area contributed by atoms with E-state index in [1.165, 1.54) is 0 Å². The molecule has 2 saturated heterocycles. The molecule has 0 aromatic heterocycles. The Morgan fingerprint density at radius 1 is 1.12 bits per heavy atom. The zero-order chi connectivity index (χ0) is 34.2. The normalized spacial score (nSPS) is 23.3. The van der Waals surface area contributed by atoms with Gasteiger partial charge in [0, 0.05) is 55.7 Å². The van der Waals surface area contributed by atoms with Crippen molar-refractivity contribution < 1.29 is 29.0 Å². The molecule has 3 heterocycles. The molecule has 1 N–H and O–H groups in total. The SMILES string of the molecule is C=CCN1C(=O)[C@]2(O[C@H](CC(=O)N(CCO)Cc3ccccc3)[C@@H](C(C)(C)c3ccc(OC)cc3)[C@@H]2C)c2cc(N3CCC3=O)ccc21. The highest BCUT2D eigenvalue weighted by Gasteiger charge is 2.66. The maximum absolute atomic E-state index is 14.7. The highest BCUT2D eigenvalue weighted by atomic mass is 16.5. The van der Waals surface area contributed by atoms with Gasteiger partial charge in [-0.2, -0.15) is 0 Å². The molecule has 4 atom stereocenters. The first kappa shape index (κ1) is 33.4. The summed E-state index contributed by atoms with van der Waals surface area (Å²) in [4.78, 5) is 46.5. The zero-order valence-corrected chi connectivity index (χ0v) is 28.2. The van der Waals surface area contributed by atoms with Crippen molar-refractivity contribution in [2.75, 3.05) is 43.2 Å². The number of methoxy groups -OCH3 is 1. The number of anilines is 2. The lowest BCUT2D eigenvalue weighted by atomic mass is 9.63. The Hall–Kier alpha value is -4.47. The van der Waals surface area contributed by atoms with Gasteiger partial charge in [-0.3, -0.25) is 14.4 Å². The van der Waals surface area contributed by atoms with Crippen LogP contribution in [0.4, 0.5) is 11.4 Å². The van der Waals surface area contributed by atoms with Gasteiger partial charge in [0.25, 0.3) is 5.91 Å². The van der Waals surface area contributed by atoms with Gasteiger partial charge in [0.2, 0.25) is 11.8 Å². The van der Waals surface area contributed by atoms with Gasteiger partial charge in [-0.05, 0) is 46.9 Å². The van der Waals surface area contributed by atoms with Gasteiger partial charge < -0.3 is 29.3 Å². The Bertz CT molecular complexity index is 1690. The van der Waals surface area contributed by atoms with Crippen LogP contribution in [0.3, 0.4) is 0 Å². The average Bonchev–Trinajstić information content (AvgIpc) is 3.50. The van der Waals surface area contributed by atoms with E-state index in [1.807, 2.05) is 72.8 Å². The first-order valence-corrected chi connectivity index (χ1v) is 16.7. The number of ether oxygens (including phenoxy) is 2. The fourth-order valence-corrected chi connectivity index (χ4v) is 8.09. The van der Waals surface area contributed by atoms with Crippen LogP contribution in [0.2, 0.25) is 0 Å². The zero-order valence-electron chi connectivity index (χ0n) is 28.2. The third-order valence-corrected chi connectivity index (χ3v) is 10.6.